The van der Waals surface area contributed by atoms with E-state index in [0.717, 1.165) is 51.0 Å². The van der Waals surface area contributed by atoms with Gasteiger partial charge in [-0.25, -0.2) is 4.79 Å². The Hall–Kier alpha value is -4.17. The third-order valence-electron chi connectivity index (χ3n) is 8.15. The smallest absolute Gasteiger partial charge is 0.336 e. The number of carboxylic acids is 1. The van der Waals surface area contributed by atoms with Crippen molar-refractivity contribution in [3.05, 3.63) is 42.0 Å². The van der Waals surface area contributed by atoms with E-state index in [9.17, 15) is 34.2 Å². The highest BCUT2D eigenvalue weighted by Gasteiger charge is 2.47. The van der Waals surface area contributed by atoms with Crippen LogP contribution >= 0.6 is 0 Å². The van der Waals surface area contributed by atoms with Crippen LogP contribution in [0.1, 0.15) is 117 Å². The van der Waals surface area contributed by atoms with Gasteiger partial charge in [-0.3, -0.25) is 19.2 Å². The number of carbonyl (C=O) groups is 5. The van der Waals surface area contributed by atoms with Crippen LogP contribution in [0.25, 0.3) is 0 Å². The summed E-state index contributed by atoms with van der Waals surface area (Å²) >= 11 is 0. The monoisotopic (exact) mass is 699 g/mol. The molecule has 1 aromatic carbocycles. The van der Waals surface area contributed by atoms with E-state index < -0.39 is 54.4 Å². The quantitative estimate of drug-likeness (QED) is 0.0436. The fourth-order valence-electron chi connectivity index (χ4n) is 5.29. The second kappa shape index (κ2) is 25.8. The van der Waals surface area contributed by atoms with Crippen molar-refractivity contribution < 1.29 is 48.4 Å². The summed E-state index contributed by atoms with van der Waals surface area (Å²) in [5.41, 5.74) is -1.82. The highest BCUT2D eigenvalue weighted by Crippen LogP contribution is 2.26. The zero-order valence-corrected chi connectivity index (χ0v) is 30.3. The molecule has 0 saturated heterocycles. The number of carboxylic acid groups (broad SMARTS) is 1. The third kappa shape index (κ3) is 19.1. The molecule has 0 aliphatic carbocycles. The third-order valence-corrected chi connectivity index (χ3v) is 8.15. The lowest BCUT2D eigenvalue weighted by Gasteiger charge is -2.31. The maximum absolute atomic E-state index is 13.7. The van der Waals surface area contributed by atoms with E-state index >= 15 is 0 Å². The number of benzene rings is 1. The molecule has 0 aliphatic rings. The van der Waals surface area contributed by atoms with Crippen LogP contribution in [-0.4, -0.2) is 71.3 Å². The molecule has 1 amide bonds. The topological polar surface area (TPSA) is 166 Å². The SMILES string of the molecule is CC#CCOc1ccc(C[C@@H](COC(C)=O)NC(=O)[C@@H](/C=C/CCCCCCC(=O)CCCCCCC)[C@@](O)(CCOC(C)=O)C(=O)O)cc1. The van der Waals surface area contributed by atoms with Gasteiger partial charge in [0.1, 0.15) is 24.7 Å². The van der Waals surface area contributed by atoms with E-state index in [2.05, 4.69) is 24.1 Å². The van der Waals surface area contributed by atoms with Gasteiger partial charge in [-0.2, -0.15) is 0 Å². The Morgan fingerprint density at radius 2 is 1.52 bits per heavy atom. The fraction of sp³-hybridized carbons (Fsp3) is 0.615. The molecule has 11 nitrogen and oxygen atoms in total. The Kier molecular flexibility index (Phi) is 22.6. The average molecular weight is 700 g/mol. The lowest BCUT2D eigenvalue weighted by atomic mass is 9.83. The lowest BCUT2D eigenvalue weighted by molar-refractivity contribution is -0.170. The van der Waals surface area contributed by atoms with E-state index in [-0.39, 0.29) is 19.6 Å². The van der Waals surface area contributed by atoms with Gasteiger partial charge in [0.15, 0.2) is 5.60 Å². The highest BCUT2D eigenvalue weighted by molar-refractivity contribution is 5.90. The largest absolute Gasteiger partial charge is 0.481 e. The summed E-state index contributed by atoms with van der Waals surface area (Å²) in [5.74, 6) is 1.25. The van der Waals surface area contributed by atoms with E-state index in [1.54, 1.807) is 37.3 Å². The van der Waals surface area contributed by atoms with Crippen molar-refractivity contribution in [3.63, 3.8) is 0 Å². The first-order valence-corrected chi connectivity index (χ1v) is 17.7. The number of aliphatic hydroxyl groups is 1. The molecule has 0 unspecified atom stereocenters. The van der Waals surface area contributed by atoms with Gasteiger partial charge in [0.2, 0.25) is 5.91 Å². The standard InChI is InChI=1S/C39H57NO10/c1-5-7-9-12-15-18-34(43)19-16-13-10-11-14-17-20-36(39(47,38(45)46)25-27-48-30(3)41)37(44)40-33(29-50-31(4)42)28-32-21-23-35(24-22-32)49-26-8-6-2/h17,20-24,33,36,47H,5,7,9-16,18-19,25-29H2,1-4H3,(H,40,44)(H,45,46)/b20-17+/t33-,36+,39-/m0/s1. The molecule has 11 heteroatoms. The number of nitrogens with one attached hydrogen (secondary N) is 1. The van der Waals surface area contributed by atoms with Crippen LogP contribution in [0.2, 0.25) is 0 Å². The molecule has 0 bridgehead atoms. The Morgan fingerprint density at radius 1 is 0.900 bits per heavy atom. The van der Waals surface area contributed by atoms with Gasteiger partial charge in [0, 0.05) is 33.1 Å². The van der Waals surface area contributed by atoms with Crippen LogP contribution in [0.15, 0.2) is 36.4 Å². The minimum Gasteiger partial charge on any atom is -0.481 e. The molecular weight excluding hydrogens is 642 g/mol. The zero-order valence-electron chi connectivity index (χ0n) is 30.3. The summed E-state index contributed by atoms with van der Waals surface area (Å²) < 4.78 is 15.6. The van der Waals surface area contributed by atoms with E-state index in [0.29, 0.717) is 30.8 Å². The molecule has 0 aliphatic heterocycles. The van der Waals surface area contributed by atoms with Crippen molar-refractivity contribution in [2.24, 2.45) is 5.92 Å². The number of carbonyl (C=O) groups excluding carboxylic acids is 4. The van der Waals surface area contributed by atoms with Crippen LogP contribution in [0, 0.1) is 17.8 Å². The number of hydrogen-bond donors (Lipinski definition) is 3. The van der Waals surface area contributed by atoms with Crippen LogP contribution in [0.3, 0.4) is 0 Å². The van der Waals surface area contributed by atoms with Gasteiger partial charge in [-0.05, 0) is 56.7 Å². The number of amides is 1. The first-order chi connectivity index (χ1) is 23.9. The molecule has 0 radical (unpaired) electrons. The molecule has 0 aromatic heterocycles. The Balaban J connectivity index is 2.97. The number of esters is 2. The number of allylic oxidation sites excluding steroid dienone is 1. The summed E-state index contributed by atoms with van der Waals surface area (Å²) in [6.07, 6.45) is 13.3. The normalized spacial score (nSPS) is 13.3. The van der Waals surface area contributed by atoms with E-state index in [1.165, 1.54) is 32.3 Å². The summed E-state index contributed by atoms with van der Waals surface area (Å²) in [5, 5.41) is 24.2. The number of Topliss-reactive ketones (excluding diaryl/α,β-unsaturated/α-hetero) is 1. The molecule has 1 rings (SSSR count). The van der Waals surface area contributed by atoms with Gasteiger partial charge in [0.05, 0.1) is 18.6 Å². The Bertz CT molecular complexity index is 1280. The maximum atomic E-state index is 13.7. The Labute approximate surface area is 297 Å². The van der Waals surface area contributed by atoms with Crippen molar-refractivity contribution >= 4 is 29.6 Å². The Morgan fingerprint density at radius 3 is 2.10 bits per heavy atom. The number of unbranched alkanes of at least 4 members (excludes halogenated alkanes) is 8. The minimum atomic E-state index is -2.60. The van der Waals surface area contributed by atoms with Crippen molar-refractivity contribution in [1.82, 2.24) is 5.32 Å². The fourth-order valence-corrected chi connectivity index (χ4v) is 5.29. The molecule has 1 aromatic rings. The lowest BCUT2D eigenvalue weighted by Crippen LogP contribution is -2.54. The molecule has 50 heavy (non-hydrogen) atoms. The summed E-state index contributed by atoms with van der Waals surface area (Å²) in [6, 6.07) is 6.31. The van der Waals surface area contributed by atoms with Gasteiger partial charge >= 0.3 is 17.9 Å². The number of ether oxygens (including phenoxy) is 3. The molecule has 0 spiro atoms. The highest BCUT2D eigenvalue weighted by atomic mass is 16.5. The van der Waals surface area contributed by atoms with Gasteiger partial charge < -0.3 is 29.7 Å². The van der Waals surface area contributed by atoms with Crippen LogP contribution in [0.4, 0.5) is 0 Å². The first kappa shape index (κ1) is 43.9. The number of rotatable bonds is 27. The number of ketones is 1. The van der Waals surface area contributed by atoms with Crippen molar-refractivity contribution in [2.75, 3.05) is 19.8 Å². The van der Waals surface area contributed by atoms with E-state index in [4.69, 9.17) is 14.2 Å². The molecule has 0 fully saturated rings. The summed E-state index contributed by atoms with van der Waals surface area (Å²) in [4.78, 5) is 61.3. The molecule has 0 saturated carbocycles. The summed E-state index contributed by atoms with van der Waals surface area (Å²) in [6.45, 7) is 5.90. The van der Waals surface area contributed by atoms with Crippen molar-refractivity contribution in [1.29, 1.82) is 0 Å². The predicted octanol–water partition coefficient (Wildman–Crippen LogP) is 5.89. The van der Waals surface area contributed by atoms with Crippen molar-refractivity contribution in [3.8, 4) is 17.6 Å². The molecular formula is C39H57NO10. The van der Waals surface area contributed by atoms with E-state index in [1.807, 2.05) is 0 Å². The number of aliphatic carboxylic acids is 1. The second-order valence-corrected chi connectivity index (χ2v) is 12.5. The van der Waals surface area contributed by atoms with Gasteiger partial charge in [-0.15, -0.1) is 5.92 Å². The van der Waals surface area contributed by atoms with Crippen molar-refractivity contribution in [2.45, 2.75) is 129 Å². The first-order valence-electron chi connectivity index (χ1n) is 17.7. The van der Waals surface area contributed by atoms with Crippen LogP contribution in [-0.2, 0) is 39.9 Å². The van der Waals surface area contributed by atoms with Crippen LogP contribution < -0.4 is 10.1 Å². The summed E-state index contributed by atoms with van der Waals surface area (Å²) in [7, 11) is 0. The predicted molar refractivity (Wildman–Crippen MR) is 190 cm³/mol. The molecule has 278 valence electrons. The van der Waals surface area contributed by atoms with Gasteiger partial charge in [-0.1, -0.05) is 75.7 Å². The molecule has 3 atom stereocenters. The van der Waals surface area contributed by atoms with Crippen LogP contribution in [0.5, 0.6) is 5.75 Å². The zero-order chi connectivity index (χ0) is 37.2. The molecule has 3 N–H and O–H groups in total. The maximum Gasteiger partial charge on any atom is 0.336 e. The van der Waals surface area contributed by atoms with Gasteiger partial charge in [0.25, 0.3) is 0 Å². The average Bonchev–Trinajstić information content (AvgIpc) is 3.06. The molecule has 0 heterocycles. The number of hydrogen-bond acceptors (Lipinski definition) is 9. The minimum absolute atomic E-state index is 0.192. The second-order valence-electron chi connectivity index (χ2n) is 12.5.